The summed E-state index contributed by atoms with van der Waals surface area (Å²) >= 11 is 0. The number of carboxylic acids is 1. The van der Waals surface area contributed by atoms with Gasteiger partial charge in [-0.25, -0.2) is 4.79 Å². The molecular weight excluding hydrogens is 218 g/mol. The molecule has 1 N–H and O–H groups in total. The number of para-hydroxylation sites is 1. The number of aromatic nitrogens is 1. The molecule has 88 valence electrons. The third-order valence-electron chi connectivity index (χ3n) is 2.67. The van der Waals surface area contributed by atoms with Gasteiger partial charge in [0, 0.05) is 18.0 Å². The van der Waals surface area contributed by atoms with Gasteiger partial charge in [0.2, 0.25) is 5.91 Å². The lowest BCUT2D eigenvalue weighted by Crippen LogP contribution is -2.08. The van der Waals surface area contributed by atoms with E-state index in [0.717, 1.165) is 6.42 Å². The number of carbonyl (C=O) groups is 2. The van der Waals surface area contributed by atoms with Crippen LogP contribution in [0.15, 0.2) is 30.5 Å². The van der Waals surface area contributed by atoms with Crippen LogP contribution in [0.3, 0.4) is 0 Å². The first-order chi connectivity index (χ1) is 8.15. The summed E-state index contributed by atoms with van der Waals surface area (Å²) in [4.78, 5) is 22.9. The highest BCUT2D eigenvalue weighted by molar-refractivity contribution is 6.06. The molecule has 0 saturated carbocycles. The van der Waals surface area contributed by atoms with Crippen LogP contribution in [0.2, 0.25) is 0 Å². The molecule has 17 heavy (non-hydrogen) atoms. The van der Waals surface area contributed by atoms with Crippen molar-refractivity contribution in [2.75, 3.05) is 0 Å². The van der Waals surface area contributed by atoms with E-state index in [1.807, 2.05) is 6.92 Å². The topological polar surface area (TPSA) is 59.3 Å². The van der Waals surface area contributed by atoms with E-state index in [-0.39, 0.29) is 11.5 Å². The Hall–Kier alpha value is -2.10. The van der Waals surface area contributed by atoms with Crippen LogP contribution < -0.4 is 0 Å². The van der Waals surface area contributed by atoms with Crippen molar-refractivity contribution in [1.82, 2.24) is 4.57 Å². The van der Waals surface area contributed by atoms with Gasteiger partial charge in [-0.1, -0.05) is 25.1 Å². The van der Waals surface area contributed by atoms with Crippen LogP contribution in [-0.2, 0) is 0 Å². The Balaban J connectivity index is 2.64. The molecule has 0 saturated heterocycles. The second-order valence-electron chi connectivity index (χ2n) is 3.88. The first kappa shape index (κ1) is 11.4. The van der Waals surface area contributed by atoms with Crippen molar-refractivity contribution in [2.45, 2.75) is 19.8 Å². The zero-order valence-electron chi connectivity index (χ0n) is 9.51. The molecule has 4 nitrogen and oxygen atoms in total. The van der Waals surface area contributed by atoms with E-state index in [1.165, 1.54) is 10.8 Å². The molecule has 1 aromatic heterocycles. The molecule has 0 spiro atoms. The summed E-state index contributed by atoms with van der Waals surface area (Å²) in [6.45, 7) is 1.92. The van der Waals surface area contributed by atoms with E-state index in [4.69, 9.17) is 5.11 Å². The van der Waals surface area contributed by atoms with E-state index in [9.17, 15) is 9.59 Å². The standard InChI is InChI=1S/C13H13NO3/c1-2-5-12(15)14-8-10(13(16)17)9-6-3-4-7-11(9)14/h3-4,6-8H,2,5H2,1H3,(H,16,17). The lowest BCUT2D eigenvalue weighted by Gasteiger charge is -2.01. The largest absolute Gasteiger partial charge is 0.478 e. The van der Waals surface area contributed by atoms with Crippen molar-refractivity contribution in [3.63, 3.8) is 0 Å². The van der Waals surface area contributed by atoms with Crippen LogP contribution >= 0.6 is 0 Å². The highest BCUT2D eigenvalue weighted by atomic mass is 16.4. The number of rotatable bonds is 3. The number of nitrogens with zero attached hydrogens (tertiary/aromatic N) is 1. The Morgan fingerprint density at radius 2 is 2.00 bits per heavy atom. The zero-order valence-corrected chi connectivity index (χ0v) is 9.51. The molecule has 0 aliphatic heterocycles. The van der Waals surface area contributed by atoms with Crippen molar-refractivity contribution in [3.05, 3.63) is 36.0 Å². The molecule has 2 aromatic rings. The fourth-order valence-corrected chi connectivity index (χ4v) is 1.89. The lowest BCUT2D eigenvalue weighted by atomic mass is 10.2. The highest BCUT2D eigenvalue weighted by Crippen LogP contribution is 2.21. The first-order valence-electron chi connectivity index (χ1n) is 5.51. The van der Waals surface area contributed by atoms with E-state index in [0.29, 0.717) is 17.3 Å². The third-order valence-corrected chi connectivity index (χ3v) is 2.67. The van der Waals surface area contributed by atoms with E-state index in [2.05, 4.69) is 0 Å². The molecule has 0 unspecified atom stereocenters. The van der Waals surface area contributed by atoms with Crippen LogP contribution in [0, 0.1) is 0 Å². The van der Waals surface area contributed by atoms with Gasteiger partial charge < -0.3 is 5.11 Å². The summed E-state index contributed by atoms with van der Waals surface area (Å²) in [6.07, 6.45) is 2.57. The van der Waals surface area contributed by atoms with Crippen molar-refractivity contribution < 1.29 is 14.7 Å². The van der Waals surface area contributed by atoms with Crippen LogP contribution in [-0.4, -0.2) is 21.6 Å². The average Bonchev–Trinajstić information content (AvgIpc) is 2.69. The van der Waals surface area contributed by atoms with Gasteiger partial charge in [-0.3, -0.25) is 9.36 Å². The van der Waals surface area contributed by atoms with Crippen molar-refractivity contribution in [3.8, 4) is 0 Å². The number of aromatic carboxylic acids is 1. The summed E-state index contributed by atoms with van der Waals surface area (Å²) in [5, 5.41) is 9.68. The van der Waals surface area contributed by atoms with Crippen molar-refractivity contribution in [1.29, 1.82) is 0 Å². The molecule has 0 fully saturated rings. The molecule has 0 aliphatic carbocycles. The molecule has 4 heteroatoms. The number of benzene rings is 1. The Morgan fingerprint density at radius 3 is 2.65 bits per heavy atom. The van der Waals surface area contributed by atoms with Crippen LogP contribution in [0.5, 0.6) is 0 Å². The van der Waals surface area contributed by atoms with Gasteiger partial charge in [0.25, 0.3) is 0 Å². The van der Waals surface area contributed by atoms with E-state index in [1.54, 1.807) is 24.3 Å². The van der Waals surface area contributed by atoms with Gasteiger partial charge in [-0.15, -0.1) is 0 Å². The molecule has 1 heterocycles. The number of hydrogen-bond donors (Lipinski definition) is 1. The molecule has 0 bridgehead atoms. The monoisotopic (exact) mass is 231 g/mol. The van der Waals surface area contributed by atoms with Crippen molar-refractivity contribution >= 4 is 22.8 Å². The quantitative estimate of drug-likeness (QED) is 0.883. The highest BCUT2D eigenvalue weighted by Gasteiger charge is 2.16. The van der Waals surface area contributed by atoms with E-state index >= 15 is 0 Å². The second-order valence-corrected chi connectivity index (χ2v) is 3.88. The summed E-state index contributed by atoms with van der Waals surface area (Å²) in [5.74, 6) is -1.08. The molecule has 1 aromatic carbocycles. The predicted molar refractivity (Wildman–Crippen MR) is 64.4 cm³/mol. The smallest absolute Gasteiger partial charge is 0.337 e. The Labute approximate surface area is 98.5 Å². The molecular formula is C13H13NO3. The molecule has 0 radical (unpaired) electrons. The fraction of sp³-hybridized carbons (Fsp3) is 0.231. The van der Waals surface area contributed by atoms with Gasteiger partial charge in [0.1, 0.15) is 0 Å². The molecule has 0 aliphatic rings. The zero-order chi connectivity index (χ0) is 12.4. The van der Waals surface area contributed by atoms with Crippen LogP contribution in [0.4, 0.5) is 0 Å². The minimum atomic E-state index is -1.01. The number of fused-ring (bicyclic) bond motifs is 1. The molecule has 0 amide bonds. The normalized spacial score (nSPS) is 10.6. The summed E-state index contributed by atoms with van der Waals surface area (Å²) in [7, 11) is 0. The number of carbonyl (C=O) groups excluding carboxylic acids is 1. The summed E-state index contributed by atoms with van der Waals surface area (Å²) in [6, 6.07) is 7.04. The van der Waals surface area contributed by atoms with Gasteiger partial charge >= 0.3 is 5.97 Å². The minimum Gasteiger partial charge on any atom is -0.478 e. The molecule has 0 atom stereocenters. The number of hydrogen-bond acceptors (Lipinski definition) is 2. The summed E-state index contributed by atoms with van der Waals surface area (Å²) in [5.41, 5.74) is 0.827. The minimum absolute atomic E-state index is 0.0730. The maximum atomic E-state index is 11.9. The number of carboxylic acid groups (broad SMARTS) is 1. The SMILES string of the molecule is CCCC(=O)n1cc(C(=O)O)c2ccccc21. The van der Waals surface area contributed by atoms with Gasteiger partial charge in [0.05, 0.1) is 11.1 Å². The van der Waals surface area contributed by atoms with Crippen molar-refractivity contribution in [2.24, 2.45) is 0 Å². The first-order valence-corrected chi connectivity index (χ1v) is 5.51. The second kappa shape index (κ2) is 4.41. The predicted octanol–water partition coefficient (Wildman–Crippen LogP) is 2.78. The fourth-order valence-electron chi connectivity index (χ4n) is 1.89. The van der Waals surface area contributed by atoms with Gasteiger partial charge in [0.15, 0.2) is 0 Å². The lowest BCUT2D eigenvalue weighted by molar-refractivity contribution is 0.0699. The molecule has 2 rings (SSSR count). The Bertz CT molecular complexity index is 583. The van der Waals surface area contributed by atoms with Gasteiger partial charge in [-0.2, -0.15) is 0 Å². The third kappa shape index (κ3) is 1.93. The van der Waals surface area contributed by atoms with E-state index < -0.39 is 5.97 Å². The Kier molecular flexibility index (Phi) is 2.95. The maximum absolute atomic E-state index is 11.9. The average molecular weight is 231 g/mol. The maximum Gasteiger partial charge on any atom is 0.337 e. The summed E-state index contributed by atoms with van der Waals surface area (Å²) < 4.78 is 1.43. The Morgan fingerprint density at radius 1 is 1.29 bits per heavy atom. The van der Waals surface area contributed by atoms with Gasteiger partial charge in [-0.05, 0) is 12.5 Å². The van der Waals surface area contributed by atoms with Crippen LogP contribution in [0.1, 0.15) is 34.9 Å². The van der Waals surface area contributed by atoms with Crippen LogP contribution in [0.25, 0.3) is 10.9 Å².